The first-order valence-corrected chi connectivity index (χ1v) is 27.4. The van der Waals surface area contributed by atoms with Gasteiger partial charge in [-0.2, -0.15) is 0 Å². The number of hydrogen-bond donors (Lipinski definition) is 0. The SMILES string of the molecule is c1ccc(-c2ccc(N(c3ccc(-c4ccccc4)cc3)c3ccc(-c4c5c(c(-c6ccc([Si](c7ccccc7)(c7ccccc7)c7ccccc7)cc6)c6c4CCCC6)CCCC5)cc3)cc2)cc1. The minimum absolute atomic E-state index is 1.13. The van der Waals surface area contributed by atoms with Crippen LogP contribution in [0.4, 0.5) is 17.1 Å². The van der Waals surface area contributed by atoms with Gasteiger partial charge in [-0.05, 0) is 175 Å². The van der Waals surface area contributed by atoms with E-state index in [2.05, 4.69) is 254 Å². The van der Waals surface area contributed by atoms with E-state index in [-0.39, 0.29) is 0 Å². The van der Waals surface area contributed by atoms with E-state index >= 15 is 0 Å². The molecule has 0 amide bonds. The van der Waals surface area contributed by atoms with Gasteiger partial charge in [-0.15, -0.1) is 0 Å². The maximum absolute atomic E-state index is 2.63. The van der Waals surface area contributed by atoms with E-state index in [9.17, 15) is 0 Å². The summed E-state index contributed by atoms with van der Waals surface area (Å²) in [5, 5.41) is 5.66. The van der Waals surface area contributed by atoms with Crippen LogP contribution in [0.1, 0.15) is 47.9 Å². The van der Waals surface area contributed by atoms with E-state index in [1.807, 2.05) is 0 Å². The van der Waals surface area contributed by atoms with Gasteiger partial charge in [0.1, 0.15) is 0 Å². The summed E-state index contributed by atoms with van der Waals surface area (Å²) in [4.78, 5) is 2.41. The number of anilines is 3. The lowest BCUT2D eigenvalue weighted by molar-refractivity contribution is 0.662. The van der Waals surface area contributed by atoms with E-state index in [4.69, 9.17) is 0 Å². The zero-order chi connectivity index (χ0) is 46.7. The predicted octanol–water partition coefficient (Wildman–Crippen LogP) is 15.0. The minimum Gasteiger partial charge on any atom is -0.311 e. The molecule has 338 valence electrons. The smallest absolute Gasteiger partial charge is 0.179 e. The van der Waals surface area contributed by atoms with Crippen molar-refractivity contribution in [3.05, 3.63) is 271 Å². The van der Waals surface area contributed by atoms with Gasteiger partial charge in [0.25, 0.3) is 0 Å². The molecule has 2 aliphatic carbocycles. The Kier molecular flexibility index (Phi) is 12.0. The third kappa shape index (κ3) is 8.02. The van der Waals surface area contributed by atoms with Crippen LogP contribution in [0, 0.1) is 0 Å². The molecule has 10 aromatic carbocycles. The van der Waals surface area contributed by atoms with Gasteiger partial charge < -0.3 is 4.90 Å². The number of rotatable bonds is 11. The molecule has 0 bridgehead atoms. The van der Waals surface area contributed by atoms with Crippen LogP contribution < -0.4 is 25.6 Å². The van der Waals surface area contributed by atoms with Crippen molar-refractivity contribution in [2.75, 3.05) is 4.90 Å². The zero-order valence-electron chi connectivity index (χ0n) is 39.8. The van der Waals surface area contributed by atoms with Gasteiger partial charge in [0.05, 0.1) is 0 Å². The summed E-state index contributed by atoms with van der Waals surface area (Å²) in [5.41, 5.74) is 20.5. The van der Waals surface area contributed by atoms with Crippen molar-refractivity contribution >= 4 is 45.9 Å². The minimum atomic E-state index is -2.63. The van der Waals surface area contributed by atoms with E-state index in [0.717, 1.165) is 42.7 Å². The van der Waals surface area contributed by atoms with E-state index in [1.54, 1.807) is 22.3 Å². The summed E-state index contributed by atoms with van der Waals surface area (Å²) in [6.45, 7) is 0. The van der Waals surface area contributed by atoms with Crippen LogP contribution in [0.15, 0.2) is 249 Å². The molecule has 2 heteroatoms. The summed E-state index contributed by atoms with van der Waals surface area (Å²) >= 11 is 0. The number of benzene rings is 10. The fraction of sp³-hybridized carbons (Fsp3) is 0.118. The molecule has 0 aromatic heterocycles. The lowest BCUT2D eigenvalue weighted by Gasteiger charge is -2.35. The number of nitrogens with zero attached hydrogens (tertiary/aromatic N) is 1. The summed E-state index contributed by atoms with van der Waals surface area (Å²) < 4.78 is 0. The third-order valence-corrected chi connectivity index (χ3v) is 20.0. The largest absolute Gasteiger partial charge is 0.311 e. The molecule has 0 N–H and O–H groups in total. The lowest BCUT2D eigenvalue weighted by Crippen LogP contribution is -2.74. The van der Waals surface area contributed by atoms with Gasteiger partial charge in [0, 0.05) is 17.1 Å². The third-order valence-electron chi connectivity index (χ3n) is 15.2. The first-order valence-electron chi connectivity index (χ1n) is 25.4. The zero-order valence-corrected chi connectivity index (χ0v) is 40.8. The molecule has 70 heavy (non-hydrogen) atoms. The quantitative estimate of drug-likeness (QED) is 0.0923. The van der Waals surface area contributed by atoms with Gasteiger partial charge in [-0.25, -0.2) is 0 Å². The van der Waals surface area contributed by atoms with E-state index in [0.29, 0.717) is 0 Å². The van der Waals surface area contributed by atoms with Crippen molar-refractivity contribution in [1.29, 1.82) is 0 Å². The number of fused-ring (bicyclic) bond motifs is 2. The molecule has 0 heterocycles. The van der Waals surface area contributed by atoms with Crippen LogP contribution >= 0.6 is 0 Å². The molecule has 2 aliphatic rings. The Morgan fingerprint density at radius 1 is 0.229 bits per heavy atom. The highest BCUT2D eigenvalue weighted by Gasteiger charge is 2.41. The normalized spacial score (nSPS) is 13.3. The topological polar surface area (TPSA) is 3.24 Å². The van der Waals surface area contributed by atoms with E-state index in [1.165, 1.54) is 90.9 Å². The van der Waals surface area contributed by atoms with E-state index < -0.39 is 8.07 Å². The highest BCUT2D eigenvalue weighted by atomic mass is 28.3. The average molecular weight is 916 g/mol. The van der Waals surface area contributed by atoms with Crippen molar-refractivity contribution in [3.8, 4) is 44.5 Å². The second kappa shape index (κ2) is 19.3. The van der Waals surface area contributed by atoms with Gasteiger partial charge in [0.15, 0.2) is 8.07 Å². The first kappa shape index (κ1) is 43.5. The Bertz CT molecular complexity index is 3130. The molecule has 0 radical (unpaired) electrons. The molecule has 0 saturated carbocycles. The van der Waals surface area contributed by atoms with Crippen molar-refractivity contribution in [1.82, 2.24) is 0 Å². The molecule has 1 nitrogen and oxygen atoms in total. The average Bonchev–Trinajstić information content (AvgIpc) is 3.45. The van der Waals surface area contributed by atoms with Crippen molar-refractivity contribution in [3.63, 3.8) is 0 Å². The first-order chi connectivity index (χ1) is 34.7. The molecule has 0 aliphatic heterocycles. The molecular formula is C68H57NSi. The van der Waals surface area contributed by atoms with Gasteiger partial charge in [-0.1, -0.05) is 212 Å². The molecule has 10 aromatic rings. The monoisotopic (exact) mass is 915 g/mol. The van der Waals surface area contributed by atoms with Crippen LogP contribution in [0.25, 0.3) is 44.5 Å². The highest BCUT2D eigenvalue weighted by Crippen LogP contribution is 2.47. The highest BCUT2D eigenvalue weighted by molar-refractivity contribution is 7.19. The van der Waals surface area contributed by atoms with Crippen LogP contribution in [0.2, 0.25) is 0 Å². The second-order valence-electron chi connectivity index (χ2n) is 19.2. The molecule has 0 saturated heterocycles. The fourth-order valence-electron chi connectivity index (χ4n) is 12.0. The van der Waals surface area contributed by atoms with Gasteiger partial charge >= 0.3 is 0 Å². The second-order valence-corrected chi connectivity index (χ2v) is 23.0. The lowest BCUT2D eigenvalue weighted by atomic mass is 9.73. The standard InChI is InChI=1S/C68H57NSi/c1-6-20-50(21-7-1)52-34-42-56(43-35-52)69(57-44-36-53(37-45-57)51-22-8-2-9-23-51)58-46-38-54(39-47-58)67-63-30-16-18-32-65(63)68(66-33-19-17-31-64(66)67)55-40-48-62(49-41-55)70(59-24-10-3-11-25-59,60-26-12-4-13-27-60)61-28-14-5-15-29-61/h1-15,20-29,34-49H,16-19,30-33H2. The Morgan fingerprint density at radius 2 is 0.471 bits per heavy atom. The Balaban J connectivity index is 0.951. The molecule has 0 spiro atoms. The van der Waals surface area contributed by atoms with Gasteiger partial charge in [-0.3, -0.25) is 0 Å². The van der Waals surface area contributed by atoms with Crippen molar-refractivity contribution in [2.24, 2.45) is 0 Å². The summed E-state index contributed by atoms with van der Waals surface area (Å²) in [5.74, 6) is 0. The van der Waals surface area contributed by atoms with Crippen molar-refractivity contribution in [2.45, 2.75) is 51.4 Å². The number of hydrogen-bond acceptors (Lipinski definition) is 1. The van der Waals surface area contributed by atoms with Gasteiger partial charge in [0.2, 0.25) is 0 Å². The summed E-state index contributed by atoms with van der Waals surface area (Å²) in [7, 11) is -2.63. The molecule has 0 fully saturated rings. The Morgan fingerprint density at radius 3 is 0.786 bits per heavy atom. The maximum Gasteiger partial charge on any atom is 0.179 e. The van der Waals surface area contributed by atoms with Crippen LogP contribution in [-0.4, -0.2) is 8.07 Å². The molecule has 0 unspecified atom stereocenters. The summed E-state index contributed by atoms with van der Waals surface area (Å²) in [6.07, 6.45) is 9.47. The fourth-order valence-corrected chi connectivity index (χ4v) is 16.8. The predicted molar refractivity (Wildman–Crippen MR) is 300 cm³/mol. The van der Waals surface area contributed by atoms with Crippen molar-refractivity contribution < 1.29 is 0 Å². The van der Waals surface area contributed by atoms with Crippen LogP contribution in [-0.2, 0) is 25.7 Å². The van der Waals surface area contributed by atoms with Crippen LogP contribution in [0.5, 0.6) is 0 Å². The maximum atomic E-state index is 2.50. The molecule has 0 atom stereocenters. The Labute approximate surface area is 415 Å². The summed E-state index contributed by atoms with van der Waals surface area (Å²) in [6, 6.07) is 93.0. The molecule has 12 rings (SSSR count). The Hall–Kier alpha value is -7.78. The molecular weight excluding hydrogens is 859 g/mol. The van der Waals surface area contributed by atoms with Crippen LogP contribution in [0.3, 0.4) is 0 Å².